The molecule has 0 bridgehead atoms. The molecule has 1 aliphatic heterocycles. The van der Waals surface area contributed by atoms with Crippen molar-refractivity contribution in [1.82, 2.24) is 9.97 Å². The van der Waals surface area contributed by atoms with E-state index in [1.807, 2.05) is 0 Å². The molecule has 2 N–H and O–H groups in total. The van der Waals surface area contributed by atoms with Gasteiger partial charge in [-0.3, -0.25) is 15.1 Å². The highest BCUT2D eigenvalue weighted by molar-refractivity contribution is 5.78. The molecule has 0 amide bonds. The number of hydrogen-bond acceptors (Lipinski definition) is 6. The molecule has 0 saturated carbocycles. The van der Waals surface area contributed by atoms with Gasteiger partial charge in [0, 0.05) is 31.3 Å². The van der Waals surface area contributed by atoms with Crippen LogP contribution < -0.4 is 10.6 Å². The number of non-ortho nitro benzene ring substituents is 1. The van der Waals surface area contributed by atoms with E-state index >= 15 is 0 Å². The van der Waals surface area contributed by atoms with E-state index in [-0.39, 0.29) is 11.7 Å². The van der Waals surface area contributed by atoms with Crippen LogP contribution in [0.2, 0.25) is 0 Å². The second kappa shape index (κ2) is 5.01. The van der Waals surface area contributed by atoms with Crippen molar-refractivity contribution in [2.45, 2.75) is 18.9 Å². The summed E-state index contributed by atoms with van der Waals surface area (Å²) in [6, 6.07) is 4.68. The summed E-state index contributed by atoms with van der Waals surface area (Å²) in [6.45, 7) is 1.69. The second-order valence-corrected chi connectivity index (χ2v) is 5.01. The lowest BCUT2D eigenvalue weighted by atomic mass is 10.1. The minimum atomic E-state index is -0.432. The first-order valence-corrected chi connectivity index (χ1v) is 6.55. The Kier molecular flexibility index (Phi) is 3.19. The highest BCUT2D eigenvalue weighted by Gasteiger charge is 2.18. The lowest BCUT2D eigenvalue weighted by molar-refractivity contribution is -0.384. The van der Waals surface area contributed by atoms with Crippen LogP contribution in [-0.4, -0.2) is 34.0 Å². The van der Waals surface area contributed by atoms with Gasteiger partial charge in [-0.25, -0.2) is 4.98 Å². The number of nitro benzene ring substituents is 1. The summed E-state index contributed by atoms with van der Waals surface area (Å²) < 4.78 is 0. The Morgan fingerprint density at radius 3 is 3.00 bits per heavy atom. The van der Waals surface area contributed by atoms with E-state index in [9.17, 15) is 10.1 Å². The Labute approximate surface area is 115 Å². The summed E-state index contributed by atoms with van der Waals surface area (Å²) in [5, 5.41) is 10.7. The molecule has 2 heterocycles. The molecule has 7 nitrogen and oxygen atoms in total. The quantitative estimate of drug-likeness (QED) is 0.657. The Morgan fingerprint density at radius 2 is 2.25 bits per heavy atom. The molecule has 0 unspecified atom stereocenters. The van der Waals surface area contributed by atoms with Crippen LogP contribution in [0, 0.1) is 10.1 Å². The summed E-state index contributed by atoms with van der Waals surface area (Å²) in [7, 11) is 0. The van der Waals surface area contributed by atoms with Gasteiger partial charge in [0.05, 0.1) is 22.2 Å². The van der Waals surface area contributed by atoms with E-state index in [4.69, 9.17) is 5.73 Å². The number of nitrogens with zero attached hydrogens (tertiary/aromatic N) is 4. The maximum atomic E-state index is 10.7. The van der Waals surface area contributed by atoms with Crippen molar-refractivity contribution in [2.24, 2.45) is 5.73 Å². The number of fused-ring (bicyclic) bond motifs is 1. The SMILES string of the molecule is N[C@@H]1CCCN(c2cnc3cc([N+](=O)[O-])ccc3n2)C1. The van der Waals surface area contributed by atoms with Crippen LogP contribution in [-0.2, 0) is 0 Å². The minimum Gasteiger partial charge on any atom is -0.354 e. The highest BCUT2D eigenvalue weighted by Crippen LogP contribution is 2.22. The van der Waals surface area contributed by atoms with E-state index < -0.39 is 4.92 Å². The monoisotopic (exact) mass is 273 g/mol. The van der Waals surface area contributed by atoms with Crippen molar-refractivity contribution in [2.75, 3.05) is 18.0 Å². The summed E-state index contributed by atoms with van der Waals surface area (Å²) in [4.78, 5) is 21.2. The fraction of sp³-hybridized carbons (Fsp3) is 0.385. The molecule has 1 atom stereocenters. The molecule has 7 heteroatoms. The van der Waals surface area contributed by atoms with Crippen molar-refractivity contribution in [3.8, 4) is 0 Å². The lowest BCUT2D eigenvalue weighted by Gasteiger charge is -2.31. The third-order valence-corrected chi connectivity index (χ3v) is 3.51. The average Bonchev–Trinajstić information content (AvgIpc) is 2.46. The molecule has 1 fully saturated rings. The maximum absolute atomic E-state index is 10.7. The largest absolute Gasteiger partial charge is 0.354 e. The fourth-order valence-electron chi connectivity index (χ4n) is 2.47. The van der Waals surface area contributed by atoms with Gasteiger partial charge in [0.1, 0.15) is 5.82 Å². The Balaban J connectivity index is 1.94. The normalized spacial score (nSPS) is 19.2. The van der Waals surface area contributed by atoms with E-state index in [1.165, 1.54) is 12.1 Å². The molecule has 1 aromatic carbocycles. The van der Waals surface area contributed by atoms with Gasteiger partial charge in [-0.2, -0.15) is 0 Å². The number of nitro groups is 1. The van der Waals surface area contributed by atoms with E-state index in [0.717, 1.165) is 31.7 Å². The van der Waals surface area contributed by atoms with Crippen molar-refractivity contribution in [1.29, 1.82) is 0 Å². The lowest BCUT2D eigenvalue weighted by Crippen LogP contribution is -2.43. The first-order valence-electron chi connectivity index (χ1n) is 6.55. The van der Waals surface area contributed by atoms with Gasteiger partial charge in [0.25, 0.3) is 5.69 Å². The van der Waals surface area contributed by atoms with Crippen LogP contribution in [0.25, 0.3) is 11.0 Å². The molecule has 0 aliphatic carbocycles. The number of aromatic nitrogens is 2. The second-order valence-electron chi connectivity index (χ2n) is 5.01. The number of hydrogen-bond donors (Lipinski definition) is 1. The van der Waals surface area contributed by atoms with Gasteiger partial charge < -0.3 is 10.6 Å². The number of piperidine rings is 1. The van der Waals surface area contributed by atoms with Gasteiger partial charge in [0.2, 0.25) is 0 Å². The standard InChI is InChI=1S/C13H15N5O2/c14-9-2-1-5-17(8-9)13-7-15-12-6-10(18(19)20)3-4-11(12)16-13/h3-4,6-7,9H,1-2,5,8,14H2/t9-/m1/s1. The molecule has 0 radical (unpaired) electrons. The third-order valence-electron chi connectivity index (χ3n) is 3.51. The zero-order chi connectivity index (χ0) is 14.1. The van der Waals surface area contributed by atoms with Gasteiger partial charge in [-0.05, 0) is 18.9 Å². The van der Waals surface area contributed by atoms with E-state index in [1.54, 1.807) is 12.3 Å². The molecule has 0 spiro atoms. The van der Waals surface area contributed by atoms with Crippen molar-refractivity contribution >= 4 is 22.5 Å². The zero-order valence-electron chi connectivity index (χ0n) is 10.9. The molecular weight excluding hydrogens is 258 g/mol. The van der Waals surface area contributed by atoms with Crippen LogP contribution >= 0.6 is 0 Å². The first-order chi connectivity index (χ1) is 9.63. The van der Waals surface area contributed by atoms with Gasteiger partial charge in [-0.15, -0.1) is 0 Å². The predicted molar refractivity (Wildman–Crippen MR) is 75.6 cm³/mol. The molecule has 104 valence electrons. The average molecular weight is 273 g/mol. The summed E-state index contributed by atoms with van der Waals surface area (Å²) in [5.74, 6) is 0.779. The van der Waals surface area contributed by atoms with Crippen LogP contribution in [0.1, 0.15) is 12.8 Å². The summed E-state index contributed by atoms with van der Waals surface area (Å²) >= 11 is 0. The van der Waals surface area contributed by atoms with Crippen molar-refractivity contribution in [3.05, 3.63) is 34.5 Å². The fourth-order valence-corrected chi connectivity index (χ4v) is 2.47. The smallest absolute Gasteiger partial charge is 0.271 e. The highest BCUT2D eigenvalue weighted by atomic mass is 16.6. The van der Waals surface area contributed by atoms with Gasteiger partial charge in [-0.1, -0.05) is 0 Å². The van der Waals surface area contributed by atoms with Crippen molar-refractivity contribution < 1.29 is 4.92 Å². The van der Waals surface area contributed by atoms with E-state index in [0.29, 0.717) is 11.0 Å². The molecule has 1 aliphatic rings. The number of nitrogens with two attached hydrogens (primary N) is 1. The van der Waals surface area contributed by atoms with Crippen LogP contribution in [0.5, 0.6) is 0 Å². The molecule has 3 rings (SSSR count). The van der Waals surface area contributed by atoms with Crippen molar-refractivity contribution in [3.63, 3.8) is 0 Å². The number of benzene rings is 1. The molecule has 2 aromatic rings. The summed E-state index contributed by atoms with van der Waals surface area (Å²) in [6.07, 6.45) is 3.73. The van der Waals surface area contributed by atoms with Crippen LogP contribution in [0.3, 0.4) is 0 Å². The number of rotatable bonds is 2. The topological polar surface area (TPSA) is 98.2 Å². The third kappa shape index (κ3) is 2.39. The molecule has 1 saturated heterocycles. The number of anilines is 1. The summed E-state index contributed by atoms with van der Waals surface area (Å²) in [5.41, 5.74) is 7.18. The Bertz CT molecular complexity index is 660. The molecule has 20 heavy (non-hydrogen) atoms. The van der Waals surface area contributed by atoms with Gasteiger partial charge >= 0.3 is 0 Å². The van der Waals surface area contributed by atoms with E-state index in [2.05, 4.69) is 14.9 Å². The first kappa shape index (κ1) is 12.7. The van der Waals surface area contributed by atoms with Crippen LogP contribution in [0.15, 0.2) is 24.4 Å². The molecular formula is C13H15N5O2. The Hall–Kier alpha value is -2.28. The maximum Gasteiger partial charge on any atom is 0.271 e. The predicted octanol–water partition coefficient (Wildman–Crippen LogP) is 1.47. The molecule has 1 aromatic heterocycles. The van der Waals surface area contributed by atoms with Gasteiger partial charge in [0.15, 0.2) is 0 Å². The minimum absolute atomic E-state index is 0.0274. The Morgan fingerprint density at radius 1 is 1.40 bits per heavy atom. The zero-order valence-corrected chi connectivity index (χ0v) is 10.9. The van der Waals surface area contributed by atoms with Crippen LogP contribution in [0.4, 0.5) is 11.5 Å².